The first-order chi connectivity index (χ1) is 35.7. The Bertz CT molecular complexity index is 2350. The van der Waals surface area contributed by atoms with Gasteiger partial charge in [-0.15, -0.1) is 0 Å². The van der Waals surface area contributed by atoms with Crippen LogP contribution >= 0.6 is 0 Å². The summed E-state index contributed by atoms with van der Waals surface area (Å²) < 4.78 is 69.8. The van der Waals surface area contributed by atoms with Crippen molar-refractivity contribution in [2.75, 3.05) is 125 Å². The monoisotopic (exact) mass is 1050 g/mol. The normalized spacial score (nSPS) is 18.6. The molecule has 0 N–H and O–H groups in total. The molecule has 2 aliphatic heterocycles. The Kier molecular flexibility index (Phi) is 23.0. The van der Waals surface area contributed by atoms with Crippen LogP contribution in [0, 0.1) is 0 Å². The van der Waals surface area contributed by atoms with Gasteiger partial charge in [0.05, 0.1) is 125 Å². The molecule has 404 valence electrons. The van der Waals surface area contributed by atoms with Crippen LogP contribution in [-0.4, -0.2) is 145 Å². The van der Waals surface area contributed by atoms with Crippen LogP contribution in [0.3, 0.4) is 0 Å². The van der Waals surface area contributed by atoms with Gasteiger partial charge in [0.15, 0.2) is 46.0 Å². The number of carbonyl (C=O) groups is 2. The first-order valence-corrected chi connectivity index (χ1v) is 25.5. The van der Waals surface area contributed by atoms with Gasteiger partial charge in [-0.2, -0.15) is 0 Å². The summed E-state index contributed by atoms with van der Waals surface area (Å²) in [6, 6.07) is 16.5. The second-order valence-electron chi connectivity index (χ2n) is 19.4. The van der Waals surface area contributed by atoms with E-state index in [-0.39, 0.29) is 66.4 Å². The molecule has 2 heterocycles. The molecule has 17 heteroatoms. The number of likely N-dealkylation sites (N-methyl/N-ethyl adjacent to an activating group) is 2. The van der Waals surface area contributed by atoms with Gasteiger partial charge in [-0.05, 0) is 83.6 Å². The predicted molar refractivity (Wildman–Crippen MR) is 282 cm³/mol. The third-order valence-corrected chi connectivity index (χ3v) is 15.0. The van der Waals surface area contributed by atoms with Crippen molar-refractivity contribution in [2.45, 2.75) is 76.3 Å². The van der Waals surface area contributed by atoms with Crippen molar-refractivity contribution in [1.29, 1.82) is 0 Å². The van der Waals surface area contributed by atoms with E-state index in [1.807, 2.05) is 36.4 Å². The summed E-state index contributed by atoms with van der Waals surface area (Å²) >= 11 is 0. The standard InChI is InChI=1S/C58H80N2O14.Na/c1-59(25-21-41-35-47(63-3)49(65-5)37-43(41)45(59)29-39-31-51(67-7)57(71-11)52(32-39)68-8)23-17-27-73-55(61)19-15-13-14-16-20-56(62)74-28-18-24-60(2)26-22-42-36-48(64-4)50(66-6)38-44(42)46(60)30-40-33-53(69-9)58(72-12)54(34-40)70-10;/h13-14,31-38,45-46H,15-30H2,1-12H3;/q+2;+1/b14-13+;. The van der Waals surface area contributed by atoms with Crippen molar-refractivity contribution in [1.82, 2.24) is 0 Å². The third-order valence-electron chi connectivity index (χ3n) is 15.0. The number of nitrogens with zero attached hydrogens (tertiary/aromatic N) is 2. The Morgan fingerprint density at radius 2 is 0.787 bits per heavy atom. The number of benzene rings is 4. The minimum absolute atomic E-state index is 0. The topological polar surface area (TPSA) is 145 Å². The minimum Gasteiger partial charge on any atom is -0.493 e. The number of methoxy groups -OCH3 is 10. The van der Waals surface area contributed by atoms with Crippen molar-refractivity contribution < 1.29 is 105 Å². The summed E-state index contributed by atoms with van der Waals surface area (Å²) in [5.74, 6) is 5.81. The number of carbonyl (C=O) groups excluding carboxylic acids is 2. The van der Waals surface area contributed by atoms with E-state index in [2.05, 4.69) is 38.4 Å². The van der Waals surface area contributed by atoms with E-state index in [0.29, 0.717) is 109 Å². The van der Waals surface area contributed by atoms with E-state index in [9.17, 15) is 9.59 Å². The van der Waals surface area contributed by atoms with Gasteiger partial charge >= 0.3 is 41.5 Å². The quantitative estimate of drug-likeness (QED) is 0.0215. The molecule has 0 radical (unpaired) electrons. The maximum atomic E-state index is 12.9. The fourth-order valence-electron chi connectivity index (χ4n) is 10.8. The van der Waals surface area contributed by atoms with Gasteiger partial charge in [-0.25, -0.2) is 0 Å². The van der Waals surface area contributed by atoms with Crippen LogP contribution < -0.4 is 76.9 Å². The van der Waals surface area contributed by atoms with Crippen LogP contribution in [0.15, 0.2) is 60.7 Å². The average molecular weight is 1050 g/mol. The van der Waals surface area contributed by atoms with E-state index < -0.39 is 0 Å². The number of allylic oxidation sites excluding steroid dienone is 2. The summed E-state index contributed by atoms with van der Waals surface area (Å²) in [4.78, 5) is 25.7. The number of hydrogen-bond acceptors (Lipinski definition) is 14. The van der Waals surface area contributed by atoms with E-state index in [4.69, 9.17) is 56.8 Å². The summed E-state index contributed by atoms with van der Waals surface area (Å²) in [6.45, 7) is 4.02. The predicted octanol–water partition coefficient (Wildman–Crippen LogP) is 6.03. The van der Waals surface area contributed by atoms with E-state index in [1.165, 1.54) is 22.3 Å². The molecule has 0 saturated carbocycles. The molecule has 0 aromatic heterocycles. The van der Waals surface area contributed by atoms with Gasteiger partial charge in [0, 0.05) is 62.5 Å². The largest absolute Gasteiger partial charge is 1.00 e. The smallest absolute Gasteiger partial charge is 0.493 e. The maximum Gasteiger partial charge on any atom is 1.00 e. The second kappa shape index (κ2) is 28.6. The molecule has 6 rings (SSSR count). The van der Waals surface area contributed by atoms with E-state index in [0.717, 1.165) is 59.1 Å². The zero-order chi connectivity index (χ0) is 53.4. The average Bonchev–Trinajstić information content (AvgIpc) is 3.42. The molecule has 0 amide bonds. The van der Waals surface area contributed by atoms with Gasteiger partial charge in [0.2, 0.25) is 11.5 Å². The Morgan fingerprint density at radius 1 is 0.467 bits per heavy atom. The molecular formula is C58H80N2NaO14+3. The molecule has 2 aliphatic rings. The molecule has 75 heavy (non-hydrogen) atoms. The van der Waals surface area contributed by atoms with Crippen molar-refractivity contribution in [3.05, 3.63) is 94.1 Å². The van der Waals surface area contributed by atoms with Crippen molar-refractivity contribution in [3.63, 3.8) is 0 Å². The number of hydrogen-bond donors (Lipinski definition) is 0. The van der Waals surface area contributed by atoms with Crippen LogP contribution in [0.5, 0.6) is 57.5 Å². The fourth-order valence-corrected chi connectivity index (χ4v) is 10.8. The van der Waals surface area contributed by atoms with Gasteiger partial charge in [0.25, 0.3) is 0 Å². The van der Waals surface area contributed by atoms with Crippen LogP contribution in [0.4, 0.5) is 0 Å². The SMILES string of the molecule is COc1cc2c(cc1OC)C(Cc1cc(OC)c(OC)c(OC)c1)[N+](C)(CCCOC(=O)CC/C=C/CCC(=O)OCCC[N+]1(C)CCc3cc(OC)c(OC)cc3C1Cc1cc(OC)c(OC)c(OC)c1)CC2.[Na+]. The number of quaternary nitrogens is 2. The molecule has 0 aliphatic carbocycles. The van der Waals surface area contributed by atoms with E-state index >= 15 is 0 Å². The fraction of sp³-hybridized carbons (Fsp3) is 0.517. The molecule has 0 spiro atoms. The third kappa shape index (κ3) is 14.7. The second-order valence-corrected chi connectivity index (χ2v) is 19.4. The number of esters is 2. The number of fused-ring (bicyclic) bond motifs is 2. The van der Waals surface area contributed by atoms with Crippen LogP contribution in [0.25, 0.3) is 0 Å². The van der Waals surface area contributed by atoms with Gasteiger partial charge in [0.1, 0.15) is 12.1 Å². The maximum absolute atomic E-state index is 12.9. The Balaban J connectivity index is 0.0000104. The first kappa shape index (κ1) is 60.3. The van der Waals surface area contributed by atoms with Gasteiger partial charge in [-0.3, -0.25) is 9.59 Å². The van der Waals surface area contributed by atoms with Crippen LogP contribution in [0.1, 0.15) is 84.0 Å². The molecule has 4 unspecified atom stereocenters. The molecule has 16 nitrogen and oxygen atoms in total. The summed E-state index contributed by atoms with van der Waals surface area (Å²) in [5, 5.41) is 0. The van der Waals surface area contributed by atoms with Gasteiger partial charge in [-0.1, -0.05) is 12.2 Å². The Labute approximate surface area is 466 Å². The summed E-state index contributed by atoms with van der Waals surface area (Å²) in [7, 11) is 20.9. The van der Waals surface area contributed by atoms with Crippen molar-refractivity contribution >= 4 is 11.9 Å². The van der Waals surface area contributed by atoms with Crippen molar-refractivity contribution in [2.24, 2.45) is 0 Å². The van der Waals surface area contributed by atoms with E-state index in [1.54, 1.807) is 71.1 Å². The molecule has 0 saturated heterocycles. The zero-order valence-corrected chi connectivity index (χ0v) is 48.9. The van der Waals surface area contributed by atoms with Crippen molar-refractivity contribution in [3.8, 4) is 57.5 Å². The molecular weight excluding hydrogens is 972 g/mol. The van der Waals surface area contributed by atoms with Crippen LogP contribution in [-0.2, 0) is 44.7 Å². The molecule has 4 atom stereocenters. The number of ether oxygens (including phenoxy) is 12. The summed E-state index contributed by atoms with van der Waals surface area (Å²) in [5.41, 5.74) is 6.93. The number of rotatable bonds is 28. The van der Waals surface area contributed by atoms with Crippen LogP contribution in [0.2, 0.25) is 0 Å². The van der Waals surface area contributed by atoms with Gasteiger partial charge < -0.3 is 65.8 Å². The molecule has 0 bridgehead atoms. The summed E-state index contributed by atoms with van der Waals surface area (Å²) in [6.07, 6.45) is 9.94. The molecule has 4 aromatic carbocycles. The zero-order valence-electron chi connectivity index (χ0n) is 46.9. The first-order valence-electron chi connectivity index (χ1n) is 25.5. The minimum atomic E-state index is -0.246. The Hall–Kier alpha value is -5.52. The molecule has 4 aromatic rings. The Morgan fingerprint density at radius 3 is 1.09 bits per heavy atom. The molecule has 0 fully saturated rings.